The lowest BCUT2D eigenvalue weighted by Gasteiger charge is -2.11. The summed E-state index contributed by atoms with van der Waals surface area (Å²) in [5, 5.41) is 0. The molecular formula is C24H28N2O8. The number of fused-ring (bicyclic) bond motifs is 2. The van der Waals surface area contributed by atoms with Gasteiger partial charge in [-0.2, -0.15) is 0 Å². The number of hydrogen-bond donors (Lipinski definition) is 2. The molecule has 0 fully saturated rings. The van der Waals surface area contributed by atoms with Gasteiger partial charge in [0.1, 0.15) is 25.7 Å². The molecule has 1 atom stereocenters. The molecule has 10 heteroatoms. The zero-order chi connectivity index (χ0) is 24.0. The number of ether oxygens (including phenoxy) is 2. The molecule has 0 unspecified atom stereocenters. The number of ketones is 3. The van der Waals surface area contributed by atoms with E-state index in [0.717, 1.165) is 12.5 Å². The molecule has 1 heterocycles. The molecule has 0 radical (unpaired) electrons. The SMILES string of the molecule is C.NCCCC[C@H](N)C(=O)OCCOC(=O)CC(=O)c1cc2c(o1)C(=O)c1ccccc1C2=O. The Morgan fingerprint density at radius 2 is 1.59 bits per heavy atom. The molecular weight excluding hydrogens is 444 g/mol. The number of nitrogens with two attached hydrogens (primary N) is 2. The zero-order valence-electron chi connectivity index (χ0n) is 17.8. The van der Waals surface area contributed by atoms with Gasteiger partial charge in [-0.3, -0.25) is 24.0 Å². The molecule has 1 aliphatic rings. The molecule has 0 bridgehead atoms. The summed E-state index contributed by atoms with van der Waals surface area (Å²) in [6.45, 7) is 0.0469. The first-order valence-corrected chi connectivity index (χ1v) is 10.5. The van der Waals surface area contributed by atoms with Crippen LogP contribution in [0.15, 0.2) is 34.7 Å². The zero-order valence-corrected chi connectivity index (χ0v) is 17.8. The average Bonchev–Trinajstić information content (AvgIpc) is 3.26. The van der Waals surface area contributed by atoms with Gasteiger partial charge in [0.25, 0.3) is 0 Å². The van der Waals surface area contributed by atoms with E-state index in [-0.39, 0.29) is 48.9 Å². The van der Waals surface area contributed by atoms with Crippen LogP contribution in [0, 0.1) is 0 Å². The third kappa shape index (κ3) is 6.03. The monoisotopic (exact) mass is 472 g/mol. The Bertz CT molecular complexity index is 1040. The number of hydrogen-bond acceptors (Lipinski definition) is 10. The van der Waals surface area contributed by atoms with Crippen LogP contribution in [0.4, 0.5) is 0 Å². The summed E-state index contributed by atoms with van der Waals surface area (Å²) < 4.78 is 15.1. The van der Waals surface area contributed by atoms with E-state index in [9.17, 15) is 24.0 Å². The van der Waals surface area contributed by atoms with Gasteiger partial charge in [-0.15, -0.1) is 0 Å². The van der Waals surface area contributed by atoms with Gasteiger partial charge in [0.15, 0.2) is 17.3 Å². The van der Waals surface area contributed by atoms with Crippen molar-refractivity contribution in [2.45, 2.75) is 39.2 Å². The Hall–Kier alpha value is -3.63. The Kier molecular flexibility index (Phi) is 9.40. The molecule has 3 rings (SSSR count). The number of rotatable bonds is 11. The first-order valence-electron chi connectivity index (χ1n) is 10.5. The number of esters is 2. The fraction of sp³-hybridized carbons (Fsp3) is 0.375. The van der Waals surface area contributed by atoms with E-state index in [1.54, 1.807) is 12.1 Å². The molecule has 0 spiro atoms. The first-order chi connectivity index (χ1) is 15.8. The third-order valence-electron chi connectivity index (χ3n) is 5.04. The Balaban J connectivity index is 0.00000408. The first kappa shape index (κ1) is 26.6. The van der Waals surface area contributed by atoms with Gasteiger partial charge >= 0.3 is 11.9 Å². The largest absolute Gasteiger partial charge is 0.462 e. The minimum absolute atomic E-state index is 0. The Morgan fingerprint density at radius 1 is 0.941 bits per heavy atom. The smallest absolute Gasteiger partial charge is 0.323 e. The van der Waals surface area contributed by atoms with Crippen LogP contribution in [0.1, 0.15) is 75.7 Å². The Morgan fingerprint density at radius 3 is 2.26 bits per heavy atom. The minimum Gasteiger partial charge on any atom is -0.462 e. The van der Waals surface area contributed by atoms with Crippen molar-refractivity contribution in [3.05, 3.63) is 58.5 Å². The maximum Gasteiger partial charge on any atom is 0.323 e. The molecule has 4 N–H and O–H groups in total. The van der Waals surface area contributed by atoms with Crippen LogP contribution < -0.4 is 11.5 Å². The number of carbonyl (C=O) groups is 5. The van der Waals surface area contributed by atoms with Crippen molar-refractivity contribution in [3.63, 3.8) is 0 Å². The van der Waals surface area contributed by atoms with Crippen LogP contribution in [0.3, 0.4) is 0 Å². The van der Waals surface area contributed by atoms with Crippen molar-refractivity contribution >= 4 is 29.3 Å². The average molecular weight is 472 g/mol. The second-order valence-corrected chi connectivity index (χ2v) is 7.44. The molecule has 2 aromatic rings. The molecule has 1 aromatic heterocycles. The molecule has 34 heavy (non-hydrogen) atoms. The maximum atomic E-state index is 12.6. The molecule has 0 aliphatic heterocycles. The van der Waals surface area contributed by atoms with Gasteiger partial charge in [-0.25, -0.2) is 0 Å². The van der Waals surface area contributed by atoms with E-state index in [2.05, 4.69) is 0 Å². The van der Waals surface area contributed by atoms with E-state index in [4.69, 9.17) is 25.4 Å². The topological polar surface area (TPSA) is 169 Å². The number of furan rings is 1. The number of benzene rings is 1. The van der Waals surface area contributed by atoms with Crippen molar-refractivity contribution < 1.29 is 37.9 Å². The predicted molar refractivity (Wildman–Crippen MR) is 120 cm³/mol. The molecule has 0 amide bonds. The lowest BCUT2D eigenvalue weighted by Crippen LogP contribution is -2.33. The lowest BCUT2D eigenvalue weighted by atomic mass is 9.88. The van der Waals surface area contributed by atoms with Crippen LogP contribution in [0.25, 0.3) is 0 Å². The van der Waals surface area contributed by atoms with Crippen LogP contribution in [0.5, 0.6) is 0 Å². The quantitative estimate of drug-likeness (QED) is 0.182. The summed E-state index contributed by atoms with van der Waals surface area (Å²) in [6, 6.07) is 6.64. The van der Waals surface area contributed by atoms with Crippen molar-refractivity contribution in [3.8, 4) is 0 Å². The highest BCUT2D eigenvalue weighted by Crippen LogP contribution is 2.30. The van der Waals surface area contributed by atoms with Crippen LogP contribution in [-0.4, -0.2) is 55.1 Å². The standard InChI is InChI=1S/C23H24N2O8.CH4/c24-8-4-3-7-16(25)23(30)32-10-9-31-19(27)12-17(26)18-11-15-20(28)13-5-1-2-6-14(13)21(29)22(15)33-18;/h1-2,5-6,11,16H,3-4,7-10,12,24-25H2;1H4/t16-;/m0./s1. The molecule has 0 saturated carbocycles. The fourth-order valence-electron chi connectivity index (χ4n) is 3.31. The van der Waals surface area contributed by atoms with Gasteiger partial charge in [0.05, 0.1) is 5.56 Å². The number of carbonyl (C=O) groups excluding carboxylic acids is 5. The van der Waals surface area contributed by atoms with Gasteiger partial charge in [-0.05, 0) is 25.5 Å². The second kappa shape index (κ2) is 12.0. The number of Topliss-reactive ketones (excluding diaryl/α,β-unsaturated/α-hetero) is 1. The van der Waals surface area contributed by atoms with Crippen molar-refractivity contribution in [1.82, 2.24) is 0 Å². The highest BCUT2D eigenvalue weighted by molar-refractivity contribution is 6.28. The van der Waals surface area contributed by atoms with Gasteiger partial charge < -0.3 is 25.4 Å². The maximum absolute atomic E-state index is 12.6. The second-order valence-electron chi connectivity index (χ2n) is 7.44. The number of unbranched alkanes of at least 4 members (excludes halogenated alkanes) is 1. The molecule has 1 aliphatic carbocycles. The summed E-state index contributed by atoms with van der Waals surface area (Å²) in [7, 11) is 0. The molecule has 182 valence electrons. The Labute approximate surface area is 196 Å². The molecule has 0 saturated heterocycles. The fourth-order valence-corrected chi connectivity index (χ4v) is 3.31. The van der Waals surface area contributed by atoms with Crippen LogP contribution >= 0.6 is 0 Å². The van der Waals surface area contributed by atoms with Crippen molar-refractivity contribution in [2.75, 3.05) is 19.8 Å². The summed E-state index contributed by atoms with van der Waals surface area (Å²) in [6.07, 6.45) is 1.21. The van der Waals surface area contributed by atoms with E-state index in [1.165, 1.54) is 12.1 Å². The van der Waals surface area contributed by atoms with E-state index in [0.29, 0.717) is 19.4 Å². The molecule has 10 nitrogen and oxygen atoms in total. The highest BCUT2D eigenvalue weighted by atomic mass is 16.6. The predicted octanol–water partition coefficient (Wildman–Crippen LogP) is 1.81. The van der Waals surface area contributed by atoms with Crippen LogP contribution in [-0.2, 0) is 19.1 Å². The van der Waals surface area contributed by atoms with Crippen LogP contribution in [0.2, 0.25) is 0 Å². The molecule has 1 aromatic carbocycles. The summed E-state index contributed by atoms with van der Waals surface area (Å²) in [5.41, 5.74) is 11.5. The van der Waals surface area contributed by atoms with E-state index in [1.807, 2.05) is 0 Å². The van der Waals surface area contributed by atoms with Gasteiger partial charge in [0, 0.05) is 11.1 Å². The third-order valence-corrected chi connectivity index (χ3v) is 5.04. The summed E-state index contributed by atoms with van der Waals surface area (Å²) in [4.78, 5) is 61.2. The van der Waals surface area contributed by atoms with E-state index >= 15 is 0 Å². The summed E-state index contributed by atoms with van der Waals surface area (Å²) in [5.74, 6) is -3.71. The minimum atomic E-state index is -0.876. The van der Waals surface area contributed by atoms with E-state index < -0.39 is 41.8 Å². The van der Waals surface area contributed by atoms with Gasteiger partial charge in [-0.1, -0.05) is 38.1 Å². The lowest BCUT2D eigenvalue weighted by molar-refractivity contribution is -0.152. The highest BCUT2D eigenvalue weighted by Gasteiger charge is 2.34. The normalized spacial score (nSPS) is 12.8. The van der Waals surface area contributed by atoms with Crippen molar-refractivity contribution in [1.29, 1.82) is 0 Å². The van der Waals surface area contributed by atoms with Gasteiger partial charge in [0.2, 0.25) is 11.6 Å². The summed E-state index contributed by atoms with van der Waals surface area (Å²) >= 11 is 0. The van der Waals surface area contributed by atoms with Crippen molar-refractivity contribution in [2.24, 2.45) is 11.5 Å².